The molecule has 1 N–H and O–H groups in total. The van der Waals surface area contributed by atoms with Crippen molar-refractivity contribution >= 4 is 11.9 Å². The van der Waals surface area contributed by atoms with E-state index in [1.807, 2.05) is 18.9 Å². The Kier molecular flexibility index (Phi) is 4.66. The summed E-state index contributed by atoms with van der Waals surface area (Å²) in [6.45, 7) is 9.23. The van der Waals surface area contributed by atoms with E-state index < -0.39 is 0 Å². The van der Waals surface area contributed by atoms with Crippen molar-refractivity contribution in [2.75, 3.05) is 23.8 Å². The second kappa shape index (κ2) is 6.47. The third-order valence-electron chi connectivity index (χ3n) is 3.46. The Bertz CT molecular complexity index is 566. The van der Waals surface area contributed by atoms with E-state index in [4.69, 9.17) is 0 Å². The van der Waals surface area contributed by atoms with Gasteiger partial charge in [-0.1, -0.05) is 13.8 Å². The summed E-state index contributed by atoms with van der Waals surface area (Å²) in [5, 5.41) is 7.20. The van der Waals surface area contributed by atoms with Crippen LogP contribution in [0.4, 0.5) is 11.9 Å². The molecule has 8 nitrogen and oxygen atoms in total. The zero-order chi connectivity index (χ0) is 15.4. The van der Waals surface area contributed by atoms with Gasteiger partial charge in [0.05, 0.1) is 0 Å². The number of nitrogens with zero attached hydrogens (tertiary/aromatic N) is 7. The first-order valence-electron chi connectivity index (χ1n) is 7.10. The van der Waals surface area contributed by atoms with E-state index in [2.05, 4.69) is 51.1 Å². The molecule has 2 rings (SSSR count). The molecule has 0 bridgehead atoms. The maximum absolute atomic E-state index is 4.49. The Balaban J connectivity index is 2.40. The van der Waals surface area contributed by atoms with Crippen molar-refractivity contribution in [3.63, 3.8) is 0 Å². The smallest absolute Gasteiger partial charge is 0.258 e. The van der Waals surface area contributed by atoms with Crippen molar-refractivity contribution in [1.29, 1.82) is 0 Å². The fourth-order valence-electron chi connectivity index (χ4n) is 1.79. The standard InChI is InChI=1S/C13H22N8/c1-6-15-11-17-12(20(5)10(4)9(2)3)19-13(18-11)21-8-14-7-16-21/h7-10H,6H2,1-5H3,(H,15,17,18,19). The molecule has 0 aliphatic rings. The molecule has 2 heterocycles. The highest BCUT2D eigenvalue weighted by Gasteiger charge is 2.18. The van der Waals surface area contributed by atoms with Gasteiger partial charge < -0.3 is 10.2 Å². The van der Waals surface area contributed by atoms with Crippen molar-refractivity contribution in [3.8, 4) is 5.95 Å². The van der Waals surface area contributed by atoms with Gasteiger partial charge >= 0.3 is 0 Å². The van der Waals surface area contributed by atoms with Crippen LogP contribution in [0.15, 0.2) is 12.7 Å². The van der Waals surface area contributed by atoms with Gasteiger partial charge in [-0.15, -0.1) is 0 Å². The van der Waals surface area contributed by atoms with Gasteiger partial charge in [0.2, 0.25) is 11.9 Å². The predicted molar refractivity (Wildman–Crippen MR) is 81.6 cm³/mol. The highest BCUT2D eigenvalue weighted by atomic mass is 15.4. The highest BCUT2D eigenvalue weighted by molar-refractivity contribution is 5.40. The third-order valence-corrected chi connectivity index (χ3v) is 3.46. The first-order valence-corrected chi connectivity index (χ1v) is 7.10. The van der Waals surface area contributed by atoms with Crippen molar-refractivity contribution in [1.82, 2.24) is 29.7 Å². The molecule has 0 saturated heterocycles. The molecule has 0 radical (unpaired) electrons. The van der Waals surface area contributed by atoms with Crippen LogP contribution in [0.3, 0.4) is 0 Å². The Morgan fingerprint density at radius 3 is 2.57 bits per heavy atom. The van der Waals surface area contributed by atoms with E-state index in [9.17, 15) is 0 Å². The van der Waals surface area contributed by atoms with Crippen molar-refractivity contribution in [2.24, 2.45) is 5.92 Å². The Hall–Kier alpha value is -2.25. The lowest BCUT2D eigenvalue weighted by Crippen LogP contribution is -2.35. The largest absolute Gasteiger partial charge is 0.354 e. The van der Waals surface area contributed by atoms with Gasteiger partial charge in [0.1, 0.15) is 12.7 Å². The van der Waals surface area contributed by atoms with E-state index in [1.165, 1.54) is 11.0 Å². The molecule has 0 aliphatic carbocycles. The lowest BCUT2D eigenvalue weighted by Gasteiger charge is -2.28. The monoisotopic (exact) mass is 290 g/mol. The summed E-state index contributed by atoms with van der Waals surface area (Å²) in [7, 11) is 1.99. The third kappa shape index (κ3) is 3.45. The summed E-state index contributed by atoms with van der Waals surface area (Å²) >= 11 is 0. The molecule has 1 atom stereocenters. The first kappa shape index (κ1) is 15.1. The van der Waals surface area contributed by atoms with Crippen LogP contribution in [0.5, 0.6) is 0 Å². The summed E-state index contributed by atoms with van der Waals surface area (Å²) in [4.78, 5) is 19.3. The molecule has 0 aromatic carbocycles. The van der Waals surface area contributed by atoms with E-state index in [0.717, 1.165) is 6.54 Å². The molecule has 0 fully saturated rings. The zero-order valence-electron chi connectivity index (χ0n) is 13.1. The lowest BCUT2D eigenvalue weighted by atomic mass is 10.1. The Morgan fingerprint density at radius 1 is 1.24 bits per heavy atom. The number of hydrogen-bond donors (Lipinski definition) is 1. The fraction of sp³-hybridized carbons (Fsp3) is 0.615. The molecule has 0 spiro atoms. The second-order valence-corrected chi connectivity index (χ2v) is 5.22. The highest BCUT2D eigenvalue weighted by Crippen LogP contribution is 2.17. The summed E-state index contributed by atoms with van der Waals surface area (Å²) in [5.74, 6) is 2.10. The molecular formula is C13H22N8. The minimum Gasteiger partial charge on any atom is -0.354 e. The predicted octanol–water partition coefficient (Wildman–Crippen LogP) is 1.36. The van der Waals surface area contributed by atoms with E-state index >= 15 is 0 Å². The summed E-state index contributed by atoms with van der Waals surface area (Å²) < 4.78 is 1.53. The van der Waals surface area contributed by atoms with Crippen LogP contribution in [-0.2, 0) is 0 Å². The second-order valence-electron chi connectivity index (χ2n) is 5.22. The zero-order valence-corrected chi connectivity index (χ0v) is 13.1. The molecule has 0 amide bonds. The summed E-state index contributed by atoms with van der Waals surface area (Å²) in [6.07, 6.45) is 3.03. The normalized spacial score (nSPS) is 12.5. The Labute approximate surface area is 124 Å². The van der Waals surface area contributed by atoms with E-state index in [1.54, 1.807) is 6.33 Å². The molecule has 0 saturated carbocycles. The van der Waals surface area contributed by atoms with E-state index in [-0.39, 0.29) is 0 Å². The number of rotatable bonds is 6. The molecule has 0 aliphatic heterocycles. The van der Waals surface area contributed by atoms with Gasteiger partial charge in [0.25, 0.3) is 5.95 Å². The van der Waals surface area contributed by atoms with E-state index in [0.29, 0.717) is 29.8 Å². The number of nitrogens with one attached hydrogen (secondary N) is 1. The topological polar surface area (TPSA) is 84.7 Å². The van der Waals surface area contributed by atoms with Crippen LogP contribution >= 0.6 is 0 Å². The van der Waals surface area contributed by atoms with Crippen molar-refractivity contribution in [2.45, 2.75) is 33.7 Å². The fourth-order valence-corrected chi connectivity index (χ4v) is 1.79. The van der Waals surface area contributed by atoms with Gasteiger partial charge in [-0.2, -0.15) is 24.7 Å². The number of aromatic nitrogens is 6. The summed E-state index contributed by atoms with van der Waals surface area (Å²) in [5.41, 5.74) is 0. The summed E-state index contributed by atoms with van der Waals surface area (Å²) in [6, 6.07) is 0.311. The molecule has 1 unspecified atom stereocenters. The van der Waals surface area contributed by atoms with Gasteiger partial charge in [-0.3, -0.25) is 0 Å². The van der Waals surface area contributed by atoms with Crippen LogP contribution in [0.25, 0.3) is 5.95 Å². The van der Waals surface area contributed by atoms with Gasteiger partial charge in [0.15, 0.2) is 0 Å². The molecule has 114 valence electrons. The van der Waals surface area contributed by atoms with Gasteiger partial charge in [0, 0.05) is 19.6 Å². The quantitative estimate of drug-likeness (QED) is 0.859. The van der Waals surface area contributed by atoms with Crippen LogP contribution < -0.4 is 10.2 Å². The average Bonchev–Trinajstić information content (AvgIpc) is 3.00. The van der Waals surface area contributed by atoms with Crippen LogP contribution in [0.1, 0.15) is 27.7 Å². The van der Waals surface area contributed by atoms with Crippen LogP contribution in [-0.4, -0.2) is 49.4 Å². The maximum atomic E-state index is 4.49. The molecule has 2 aromatic rings. The molecule has 8 heteroatoms. The number of hydrogen-bond acceptors (Lipinski definition) is 7. The van der Waals surface area contributed by atoms with Crippen molar-refractivity contribution in [3.05, 3.63) is 12.7 Å². The molecular weight excluding hydrogens is 268 g/mol. The van der Waals surface area contributed by atoms with Crippen molar-refractivity contribution < 1.29 is 0 Å². The van der Waals surface area contributed by atoms with Gasteiger partial charge in [-0.25, -0.2) is 4.98 Å². The SMILES string of the molecule is CCNc1nc(N(C)C(C)C(C)C)nc(-n2cncn2)n1. The number of anilines is 2. The molecule has 2 aromatic heterocycles. The average molecular weight is 290 g/mol. The Morgan fingerprint density at radius 2 is 2.00 bits per heavy atom. The minimum absolute atomic E-state index is 0.311. The molecule has 21 heavy (non-hydrogen) atoms. The maximum Gasteiger partial charge on any atom is 0.258 e. The van der Waals surface area contributed by atoms with Crippen LogP contribution in [0, 0.1) is 5.92 Å². The lowest BCUT2D eigenvalue weighted by molar-refractivity contribution is 0.498. The first-order chi connectivity index (χ1) is 10.0. The minimum atomic E-state index is 0.311. The van der Waals surface area contributed by atoms with Crippen LogP contribution in [0.2, 0.25) is 0 Å². The van der Waals surface area contributed by atoms with Gasteiger partial charge in [-0.05, 0) is 19.8 Å².